The molecule has 0 aliphatic rings. The number of benzene rings is 12. The molecule has 0 amide bonds. The van der Waals surface area contributed by atoms with E-state index in [9.17, 15) is 4.79 Å². The van der Waals surface area contributed by atoms with Gasteiger partial charge in [-0.3, -0.25) is 4.79 Å². The molecule has 0 saturated heterocycles. The molecule has 384 valence electrons. The summed E-state index contributed by atoms with van der Waals surface area (Å²) in [6.07, 6.45) is 2.66. The van der Waals surface area contributed by atoms with Gasteiger partial charge in [-0.25, -0.2) is 0 Å². The van der Waals surface area contributed by atoms with E-state index in [1.165, 1.54) is 44.5 Å². The first-order chi connectivity index (χ1) is 39.5. The molecule has 0 atom stereocenters. The fraction of sp³-hybridized carbons (Fsp3) is 0. The smallest absolute Gasteiger partial charge is 0.150 e. The van der Waals surface area contributed by atoms with Gasteiger partial charge < -0.3 is 19.3 Å². The van der Waals surface area contributed by atoms with E-state index in [2.05, 4.69) is 229 Å². The predicted molar refractivity (Wildman–Crippen MR) is 333 cm³/mol. The van der Waals surface area contributed by atoms with Gasteiger partial charge in [0, 0.05) is 51.8 Å². The topological polar surface area (TPSA) is 42.0 Å². The minimum atomic E-state index is 0.616. The number of carbonyl (C=O) groups is 1. The highest BCUT2D eigenvalue weighted by Gasteiger charge is 2.17. The lowest BCUT2D eigenvalue weighted by atomic mass is 10.0. The van der Waals surface area contributed by atoms with E-state index < -0.39 is 0 Å². The molecule has 0 heterocycles. The Morgan fingerprint density at radius 3 is 0.800 bits per heavy atom. The third-order valence-electron chi connectivity index (χ3n) is 13.7. The number of carbonyl (C=O) groups excluding carboxylic acids is 1. The maximum Gasteiger partial charge on any atom is 0.150 e. The van der Waals surface area contributed by atoms with Crippen LogP contribution in [0.25, 0.3) is 50.6 Å². The number of rotatable bonds is 16. The third kappa shape index (κ3) is 12.6. The van der Waals surface area contributed by atoms with Gasteiger partial charge in [-0.2, -0.15) is 0 Å². The molecule has 12 aromatic rings. The number of aldehydes is 1. The maximum absolute atomic E-state index is 11.0. The minimum absolute atomic E-state index is 0.616. The van der Waals surface area contributed by atoms with Crippen LogP contribution < -0.4 is 19.3 Å². The Morgan fingerprint density at radius 1 is 0.250 bits per heavy atom. The quantitative estimate of drug-likeness (QED) is 0.0902. The summed E-state index contributed by atoms with van der Waals surface area (Å²) in [5.41, 5.74) is 17.4. The number of hydrogen-bond donors (Lipinski definition) is 0. The van der Waals surface area contributed by atoms with Crippen molar-refractivity contribution in [2.45, 2.75) is 0 Å². The number of hydrogen-bond acceptors (Lipinski definition) is 5. The molecular formula is C75H56N2O3. The van der Waals surface area contributed by atoms with Crippen LogP contribution in [-0.4, -0.2) is 6.29 Å². The van der Waals surface area contributed by atoms with E-state index in [1.54, 1.807) is 24.3 Å². The van der Waals surface area contributed by atoms with Gasteiger partial charge in [0.25, 0.3) is 0 Å². The fourth-order valence-electron chi connectivity index (χ4n) is 9.56. The predicted octanol–water partition coefficient (Wildman–Crippen LogP) is 21.0. The van der Waals surface area contributed by atoms with Crippen LogP contribution in [0.4, 0.5) is 34.1 Å². The van der Waals surface area contributed by atoms with Crippen LogP contribution in [-0.2, 0) is 0 Å². The van der Waals surface area contributed by atoms with Crippen LogP contribution in [0.3, 0.4) is 0 Å². The summed E-state index contributed by atoms with van der Waals surface area (Å²) in [6.45, 7) is 3.83. The second-order valence-electron chi connectivity index (χ2n) is 19.0. The Hall–Kier alpha value is -10.8. The second-order valence-corrected chi connectivity index (χ2v) is 19.0. The van der Waals surface area contributed by atoms with Gasteiger partial charge in [-0.05, 0) is 159 Å². The number of nitrogens with zero attached hydrogens (tertiary/aromatic N) is 2. The zero-order chi connectivity index (χ0) is 54.3. The van der Waals surface area contributed by atoms with Crippen LogP contribution in [0.2, 0.25) is 0 Å². The van der Waals surface area contributed by atoms with E-state index in [0.29, 0.717) is 17.1 Å². The summed E-state index contributed by atoms with van der Waals surface area (Å²) in [5.74, 6) is 2.95. The lowest BCUT2D eigenvalue weighted by Gasteiger charge is -2.26. The average molecular weight is 1030 g/mol. The highest BCUT2D eigenvalue weighted by atomic mass is 16.5. The van der Waals surface area contributed by atoms with Crippen molar-refractivity contribution in [1.29, 1.82) is 0 Å². The van der Waals surface area contributed by atoms with Crippen LogP contribution in [0, 0.1) is 0 Å². The molecule has 12 aromatic carbocycles. The molecule has 0 aliphatic carbocycles. The highest BCUT2D eigenvalue weighted by molar-refractivity contribution is 5.82. The molecule has 0 bridgehead atoms. The van der Waals surface area contributed by atoms with Gasteiger partial charge in [0.15, 0.2) is 0 Å². The van der Waals surface area contributed by atoms with E-state index >= 15 is 0 Å². The summed E-state index contributed by atoms with van der Waals surface area (Å²) < 4.78 is 12.4. The number of ether oxygens (including phenoxy) is 2. The zero-order valence-electron chi connectivity index (χ0n) is 44.0. The van der Waals surface area contributed by atoms with Crippen molar-refractivity contribution in [3.05, 3.63) is 333 Å². The standard InChI is InChI=1S/C38H29NO.C37H27NO2/c1-2-29-16-26-37(27-17-29)40-38-15-9-14-36(28-38)39(34-22-18-32(19-23-34)30-10-5-3-6-11-30)35-24-20-33(21-25-35)31-12-7-4-8-13-31;39-27-28-14-24-36(25-15-28)40-37-13-7-12-35(26-37)38(33-20-16-31(17-21-33)29-8-3-1-4-9-29)34-22-18-32(19-23-34)30-10-5-2-6-11-30/h2-28H,1H2;1-27H. The van der Waals surface area contributed by atoms with Gasteiger partial charge in [0.05, 0.1) is 0 Å². The lowest BCUT2D eigenvalue weighted by Crippen LogP contribution is -2.10. The highest BCUT2D eigenvalue weighted by Crippen LogP contribution is 2.41. The molecule has 5 nitrogen and oxygen atoms in total. The van der Waals surface area contributed by atoms with Gasteiger partial charge in [0.1, 0.15) is 29.3 Å². The Morgan fingerprint density at radius 2 is 0.525 bits per heavy atom. The first-order valence-corrected chi connectivity index (χ1v) is 26.6. The lowest BCUT2D eigenvalue weighted by molar-refractivity contribution is 0.112. The molecular weight excluding hydrogens is 977 g/mol. The van der Waals surface area contributed by atoms with E-state index in [4.69, 9.17) is 9.47 Å². The Balaban J connectivity index is 0.000000169. The molecule has 0 aliphatic heterocycles. The Labute approximate surface area is 468 Å². The van der Waals surface area contributed by atoms with Gasteiger partial charge in [-0.15, -0.1) is 0 Å². The summed E-state index contributed by atoms with van der Waals surface area (Å²) in [5, 5.41) is 0. The number of anilines is 6. The average Bonchev–Trinajstić information content (AvgIpc) is 3.54. The third-order valence-corrected chi connectivity index (χ3v) is 13.7. The van der Waals surface area contributed by atoms with E-state index in [-0.39, 0.29) is 0 Å². The van der Waals surface area contributed by atoms with Crippen LogP contribution in [0.5, 0.6) is 23.0 Å². The molecule has 0 radical (unpaired) electrons. The van der Waals surface area contributed by atoms with Gasteiger partial charge >= 0.3 is 0 Å². The zero-order valence-corrected chi connectivity index (χ0v) is 44.0. The molecule has 0 fully saturated rings. The summed E-state index contributed by atoms with van der Waals surface area (Å²) in [7, 11) is 0. The van der Waals surface area contributed by atoms with Crippen molar-refractivity contribution in [3.63, 3.8) is 0 Å². The summed E-state index contributed by atoms with van der Waals surface area (Å²) >= 11 is 0. The van der Waals surface area contributed by atoms with Crippen molar-refractivity contribution in [2.75, 3.05) is 9.80 Å². The van der Waals surface area contributed by atoms with Crippen molar-refractivity contribution in [3.8, 4) is 67.5 Å². The molecule has 0 unspecified atom stereocenters. The molecule has 5 heteroatoms. The first kappa shape index (κ1) is 51.4. The Kier molecular flexibility index (Phi) is 16.0. The maximum atomic E-state index is 11.0. The second kappa shape index (κ2) is 24.9. The molecule has 0 spiro atoms. The molecule has 12 rings (SSSR count). The normalized spacial score (nSPS) is 10.6. The van der Waals surface area contributed by atoms with E-state index in [1.807, 2.05) is 84.9 Å². The van der Waals surface area contributed by atoms with Crippen LogP contribution >= 0.6 is 0 Å². The largest absolute Gasteiger partial charge is 0.457 e. The molecule has 0 saturated carbocycles. The molecule has 0 aromatic heterocycles. The van der Waals surface area contributed by atoms with Crippen molar-refractivity contribution in [2.24, 2.45) is 0 Å². The van der Waals surface area contributed by atoms with Crippen molar-refractivity contribution < 1.29 is 14.3 Å². The van der Waals surface area contributed by atoms with Crippen molar-refractivity contribution in [1.82, 2.24) is 0 Å². The SMILES string of the molecule is C=Cc1ccc(Oc2cccc(N(c3ccc(-c4ccccc4)cc3)c3ccc(-c4ccccc4)cc3)c2)cc1.O=Cc1ccc(Oc2cccc(N(c3ccc(-c4ccccc4)cc3)c3ccc(-c4ccccc4)cc3)c2)cc1. The summed E-state index contributed by atoms with van der Waals surface area (Å²) in [4.78, 5) is 15.5. The van der Waals surface area contributed by atoms with Crippen LogP contribution in [0.1, 0.15) is 15.9 Å². The van der Waals surface area contributed by atoms with Gasteiger partial charge in [-0.1, -0.05) is 207 Å². The molecule has 0 N–H and O–H groups in total. The van der Waals surface area contributed by atoms with Crippen LogP contribution in [0.15, 0.2) is 322 Å². The fourth-order valence-corrected chi connectivity index (χ4v) is 9.56. The molecule has 80 heavy (non-hydrogen) atoms. The first-order valence-electron chi connectivity index (χ1n) is 26.6. The Bertz CT molecular complexity index is 3480. The van der Waals surface area contributed by atoms with Gasteiger partial charge in [0.2, 0.25) is 0 Å². The van der Waals surface area contributed by atoms with E-state index in [0.717, 1.165) is 57.5 Å². The monoisotopic (exact) mass is 1030 g/mol. The minimum Gasteiger partial charge on any atom is -0.457 e. The van der Waals surface area contributed by atoms with Crippen molar-refractivity contribution >= 4 is 46.5 Å². The summed E-state index contributed by atoms with van der Waals surface area (Å²) in [6, 6.07) is 108.